The molecule has 0 radical (unpaired) electrons. The van der Waals surface area contributed by atoms with Crippen molar-refractivity contribution in [1.29, 1.82) is 0 Å². The first-order valence-electron chi connectivity index (χ1n) is 5.90. The molecule has 19 heavy (non-hydrogen) atoms. The molecule has 2 aromatic rings. The van der Waals surface area contributed by atoms with Gasteiger partial charge in [-0.25, -0.2) is 17.9 Å². The normalized spacial score (nSPS) is 12.4. The number of hydrogen-bond acceptors (Lipinski definition) is 4. The van der Waals surface area contributed by atoms with Gasteiger partial charge in [-0.1, -0.05) is 13.8 Å². The second kappa shape index (κ2) is 4.82. The Hall–Kier alpha value is -1.60. The molecule has 1 aromatic heterocycles. The fourth-order valence-corrected chi connectivity index (χ4v) is 2.87. The van der Waals surface area contributed by atoms with Crippen molar-refractivity contribution in [3.05, 3.63) is 28.7 Å². The minimum atomic E-state index is -3.57. The first-order valence-corrected chi connectivity index (χ1v) is 7.39. The summed E-state index contributed by atoms with van der Waals surface area (Å²) in [7, 11) is -2.00. The maximum Gasteiger partial charge on any atom is 0.419 e. The Morgan fingerprint density at radius 3 is 2.68 bits per heavy atom. The topological polar surface area (TPSA) is 81.3 Å². The van der Waals surface area contributed by atoms with Gasteiger partial charge in [0.05, 0.1) is 10.4 Å². The van der Waals surface area contributed by atoms with Crippen molar-refractivity contribution in [2.24, 2.45) is 13.0 Å². The van der Waals surface area contributed by atoms with Crippen LogP contribution in [0.5, 0.6) is 0 Å². The molecule has 7 heteroatoms. The van der Waals surface area contributed by atoms with Crippen molar-refractivity contribution in [3.63, 3.8) is 0 Å². The maximum atomic E-state index is 12.0. The van der Waals surface area contributed by atoms with E-state index in [9.17, 15) is 13.2 Å². The van der Waals surface area contributed by atoms with Crippen LogP contribution in [-0.2, 0) is 17.1 Å². The fraction of sp³-hybridized carbons (Fsp3) is 0.417. The molecule has 2 rings (SSSR count). The van der Waals surface area contributed by atoms with E-state index in [1.54, 1.807) is 13.1 Å². The van der Waals surface area contributed by atoms with Gasteiger partial charge in [0.1, 0.15) is 0 Å². The lowest BCUT2D eigenvalue weighted by molar-refractivity contribution is 0.527. The van der Waals surface area contributed by atoms with Crippen LogP contribution < -0.4 is 10.5 Å². The van der Waals surface area contributed by atoms with E-state index in [-0.39, 0.29) is 16.4 Å². The highest BCUT2D eigenvalue weighted by Crippen LogP contribution is 2.17. The zero-order valence-electron chi connectivity index (χ0n) is 11.0. The molecule has 0 fully saturated rings. The van der Waals surface area contributed by atoms with E-state index in [2.05, 4.69) is 4.72 Å². The number of nitrogens with zero attached hydrogens (tertiary/aromatic N) is 1. The SMILES string of the molecule is CC(C)CNS(=O)(=O)c1ccc2c(c1)oc(=O)n2C. The van der Waals surface area contributed by atoms with Gasteiger partial charge in [0.15, 0.2) is 5.58 Å². The minimum absolute atomic E-state index is 0.0926. The molecule has 0 saturated heterocycles. The molecule has 1 heterocycles. The number of aromatic nitrogens is 1. The standard InChI is InChI=1S/C12H16N2O4S/c1-8(2)7-13-19(16,17)9-4-5-10-11(6-9)18-12(15)14(10)3/h4-6,8,13H,7H2,1-3H3. The van der Waals surface area contributed by atoms with Gasteiger partial charge in [0.25, 0.3) is 0 Å². The summed E-state index contributed by atoms with van der Waals surface area (Å²) in [4.78, 5) is 11.4. The molecule has 0 bridgehead atoms. The van der Waals surface area contributed by atoms with Crippen LogP contribution in [0.4, 0.5) is 0 Å². The number of sulfonamides is 1. The summed E-state index contributed by atoms with van der Waals surface area (Å²) in [5, 5.41) is 0. The average Bonchev–Trinajstić information content (AvgIpc) is 2.62. The molecular weight excluding hydrogens is 268 g/mol. The predicted molar refractivity (Wildman–Crippen MR) is 71.5 cm³/mol. The largest absolute Gasteiger partial charge is 0.419 e. The number of rotatable bonds is 4. The van der Waals surface area contributed by atoms with E-state index in [4.69, 9.17) is 4.42 Å². The van der Waals surface area contributed by atoms with Gasteiger partial charge in [-0.3, -0.25) is 4.57 Å². The molecule has 1 N–H and O–H groups in total. The Labute approximate surface area is 111 Å². The van der Waals surface area contributed by atoms with Crippen molar-refractivity contribution < 1.29 is 12.8 Å². The van der Waals surface area contributed by atoms with E-state index >= 15 is 0 Å². The van der Waals surface area contributed by atoms with Gasteiger partial charge >= 0.3 is 5.76 Å². The van der Waals surface area contributed by atoms with Crippen molar-refractivity contribution in [1.82, 2.24) is 9.29 Å². The van der Waals surface area contributed by atoms with Crippen molar-refractivity contribution in [2.75, 3.05) is 6.54 Å². The van der Waals surface area contributed by atoms with Crippen LogP contribution in [0.3, 0.4) is 0 Å². The average molecular weight is 284 g/mol. The minimum Gasteiger partial charge on any atom is -0.408 e. The highest BCUT2D eigenvalue weighted by molar-refractivity contribution is 7.89. The summed E-state index contributed by atoms with van der Waals surface area (Å²) in [6.45, 7) is 4.20. The van der Waals surface area contributed by atoms with E-state index < -0.39 is 15.8 Å². The molecule has 0 atom stereocenters. The molecule has 104 valence electrons. The molecular formula is C12H16N2O4S. The van der Waals surface area contributed by atoms with Crippen LogP contribution in [0, 0.1) is 5.92 Å². The maximum absolute atomic E-state index is 12.0. The van der Waals surface area contributed by atoms with Crippen LogP contribution in [0.2, 0.25) is 0 Å². The summed E-state index contributed by atoms with van der Waals surface area (Å²) in [6.07, 6.45) is 0. The molecule has 6 nitrogen and oxygen atoms in total. The summed E-state index contributed by atoms with van der Waals surface area (Å²) >= 11 is 0. The molecule has 0 spiro atoms. The second-order valence-corrected chi connectivity index (χ2v) is 6.57. The van der Waals surface area contributed by atoms with Crippen LogP contribution in [0.25, 0.3) is 11.1 Å². The zero-order valence-corrected chi connectivity index (χ0v) is 11.8. The first-order chi connectivity index (χ1) is 8.81. The Morgan fingerprint density at radius 2 is 2.05 bits per heavy atom. The van der Waals surface area contributed by atoms with Gasteiger partial charge < -0.3 is 4.42 Å². The number of benzene rings is 1. The molecule has 0 saturated carbocycles. The Bertz CT molecular complexity index is 756. The number of hydrogen-bond donors (Lipinski definition) is 1. The van der Waals surface area contributed by atoms with Gasteiger partial charge in [-0.15, -0.1) is 0 Å². The Morgan fingerprint density at radius 1 is 1.37 bits per heavy atom. The van der Waals surface area contributed by atoms with E-state index in [1.165, 1.54) is 16.7 Å². The van der Waals surface area contributed by atoms with Crippen molar-refractivity contribution in [2.45, 2.75) is 18.7 Å². The quantitative estimate of drug-likeness (QED) is 0.910. The number of nitrogens with one attached hydrogen (secondary N) is 1. The number of aryl methyl sites for hydroxylation is 1. The molecule has 0 aliphatic carbocycles. The van der Waals surface area contributed by atoms with Crippen LogP contribution in [0.15, 0.2) is 32.3 Å². The molecule has 0 aliphatic heterocycles. The summed E-state index contributed by atoms with van der Waals surface area (Å²) in [5.41, 5.74) is 0.827. The van der Waals surface area contributed by atoms with Crippen molar-refractivity contribution in [3.8, 4) is 0 Å². The number of oxazole rings is 1. The molecule has 1 aromatic carbocycles. The smallest absolute Gasteiger partial charge is 0.408 e. The van der Waals surface area contributed by atoms with Crippen LogP contribution in [-0.4, -0.2) is 19.5 Å². The lowest BCUT2D eigenvalue weighted by Crippen LogP contribution is -2.27. The Kier molecular flexibility index (Phi) is 3.51. The second-order valence-electron chi connectivity index (χ2n) is 4.80. The highest BCUT2D eigenvalue weighted by Gasteiger charge is 2.16. The van der Waals surface area contributed by atoms with Gasteiger partial charge in [0, 0.05) is 19.7 Å². The van der Waals surface area contributed by atoms with Crippen molar-refractivity contribution >= 4 is 21.1 Å². The lowest BCUT2D eigenvalue weighted by Gasteiger charge is -2.08. The van der Waals surface area contributed by atoms with Gasteiger partial charge in [-0.05, 0) is 18.1 Å². The Balaban J connectivity index is 2.43. The van der Waals surface area contributed by atoms with E-state index in [0.29, 0.717) is 12.1 Å². The highest BCUT2D eigenvalue weighted by atomic mass is 32.2. The lowest BCUT2D eigenvalue weighted by atomic mass is 10.2. The third kappa shape index (κ3) is 2.71. The van der Waals surface area contributed by atoms with E-state index in [0.717, 1.165) is 0 Å². The zero-order chi connectivity index (χ0) is 14.2. The molecule has 0 unspecified atom stereocenters. The van der Waals surface area contributed by atoms with Crippen LogP contribution in [0.1, 0.15) is 13.8 Å². The van der Waals surface area contributed by atoms with E-state index in [1.807, 2.05) is 13.8 Å². The third-order valence-electron chi connectivity index (χ3n) is 2.76. The number of fused-ring (bicyclic) bond motifs is 1. The first kappa shape index (κ1) is 13.8. The molecule has 0 amide bonds. The summed E-state index contributed by atoms with van der Waals surface area (Å²) in [6, 6.07) is 4.38. The summed E-state index contributed by atoms with van der Waals surface area (Å²) < 4.78 is 32.9. The predicted octanol–water partition coefficient (Wildman–Crippen LogP) is 1.07. The van der Waals surface area contributed by atoms with Crippen LogP contribution >= 0.6 is 0 Å². The van der Waals surface area contributed by atoms with Gasteiger partial charge in [-0.2, -0.15) is 0 Å². The molecule has 0 aliphatic rings. The summed E-state index contributed by atoms with van der Waals surface area (Å²) in [5.74, 6) is -0.298. The monoisotopic (exact) mass is 284 g/mol. The van der Waals surface area contributed by atoms with Gasteiger partial charge in [0.2, 0.25) is 10.0 Å². The fourth-order valence-electron chi connectivity index (χ4n) is 1.64. The third-order valence-corrected chi connectivity index (χ3v) is 4.18.